The maximum Gasteiger partial charge on any atom is 0.475 e. The molecular weight excluding hydrogens is 882 g/mol. The average Bonchev–Trinajstić information content (AvgIpc) is 3.92. The second-order valence-corrected chi connectivity index (χ2v) is 18.8. The van der Waals surface area contributed by atoms with E-state index in [1.807, 2.05) is 11.1 Å². The van der Waals surface area contributed by atoms with Crippen LogP contribution in [0.2, 0.25) is 0 Å². The Morgan fingerprint density at radius 2 is 1.81 bits per heavy atom. The standard InChI is InChI=1S/C36H39F2N9O12P2S/c1-3-15-53-61(52,54-16-7-12-39)59-30-24(57-35(27(30)38)47-21-43-28-31(41-20-42-32(28)47)45-33(50)22-9-5-4-6-10-22)19-55-60(62,17-8-13-40-2)58-29-23(18-48)56-34(26(29)37)46-14-11-25(49)44-36(46)51/h3-6,9-11,14,20-21,23-24,26-27,29-30,34-35,48H,1,7-8,13,15-19H2,(H,44,49,51)(H,41,42,45,50)/t23-,24-,26?,27?,29+,30+,34-,35-,60?,61?/m1/s1. The first kappa shape index (κ1) is 46.6. The molecule has 6 rings (SSSR count). The minimum Gasteiger partial charge on any atom is -0.394 e. The number of carbonyl (C=O) groups is 1. The van der Waals surface area contributed by atoms with Crippen LogP contribution in [0.4, 0.5) is 14.6 Å². The van der Waals surface area contributed by atoms with Crippen LogP contribution in [0.15, 0.2) is 77.5 Å². The van der Waals surface area contributed by atoms with Crippen LogP contribution in [0.25, 0.3) is 16.0 Å². The molecule has 0 aliphatic carbocycles. The molecule has 3 aromatic heterocycles. The highest BCUT2D eigenvalue weighted by Gasteiger charge is 2.53. The fourth-order valence-electron chi connectivity index (χ4n) is 6.35. The van der Waals surface area contributed by atoms with E-state index < -0.39 is 101 Å². The van der Waals surface area contributed by atoms with Crippen LogP contribution in [0.1, 0.15) is 35.7 Å². The first-order valence-corrected chi connectivity index (χ1v) is 23.0. The van der Waals surface area contributed by atoms with Gasteiger partial charge in [0, 0.05) is 30.4 Å². The highest BCUT2D eigenvalue weighted by Crippen LogP contribution is 2.56. The SMILES string of the molecule is [C-]#[N+]CCCP(=S)(OC[C@H]1O[C@@H](n2cnc3c(NC(=O)c4ccccc4)ncnc32)C(F)[C@H]1OP(=O)(OCC=C)OCCC#N)O[C@@H]1C(F)[C@H](n2ccc(=O)[nH]c2=O)O[C@@H]1CO. The lowest BCUT2D eigenvalue weighted by Crippen LogP contribution is -2.37. The molecule has 3 N–H and O–H groups in total. The lowest BCUT2D eigenvalue weighted by atomic mass is 10.1. The van der Waals surface area contributed by atoms with Gasteiger partial charge in [0.2, 0.25) is 6.54 Å². The lowest BCUT2D eigenvalue weighted by molar-refractivity contribution is -0.0511. The molecule has 10 atom stereocenters. The number of aliphatic hydroxyl groups is 1. The third kappa shape index (κ3) is 10.8. The zero-order chi connectivity index (χ0) is 44.4. The number of phosphoric acid groups is 1. The molecule has 2 aliphatic rings. The van der Waals surface area contributed by atoms with Crippen molar-refractivity contribution in [2.45, 2.75) is 62.1 Å². The Kier molecular flexibility index (Phi) is 15.7. The molecule has 4 aromatic rings. The van der Waals surface area contributed by atoms with Gasteiger partial charge in [-0.3, -0.25) is 37.3 Å². The van der Waals surface area contributed by atoms with E-state index in [1.54, 1.807) is 30.3 Å². The Hall–Kier alpha value is -4.94. The number of hydrogen-bond acceptors (Lipinski definition) is 17. The van der Waals surface area contributed by atoms with E-state index >= 15 is 8.78 Å². The molecular formula is C36H39F2N9O12P2S. The number of nitrogens with zero attached hydrogens (tertiary/aromatic N) is 7. The number of hydrogen-bond donors (Lipinski definition) is 3. The number of aromatic nitrogens is 6. The number of amides is 1. The van der Waals surface area contributed by atoms with Gasteiger partial charge < -0.3 is 33.8 Å². The number of nitrogens with one attached hydrogen (secondary N) is 2. The van der Waals surface area contributed by atoms with Crippen LogP contribution in [-0.4, -0.2) is 116 Å². The molecule has 26 heteroatoms. The van der Waals surface area contributed by atoms with Crippen LogP contribution in [-0.2, 0) is 48.5 Å². The minimum atomic E-state index is -4.69. The summed E-state index contributed by atoms with van der Waals surface area (Å²) in [4.78, 5) is 55.1. The summed E-state index contributed by atoms with van der Waals surface area (Å²) < 4.78 is 89.5. The van der Waals surface area contributed by atoms with Crippen molar-refractivity contribution in [3.8, 4) is 6.07 Å². The molecule has 330 valence electrons. The van der Waals surface area contributed by atoms with Crippen molar-refractivity contribution in [3.05, 3.63) is 106 Å². The molecule has 1 amide bonds. The molecule has 2 aliphatic heterocycles. The molecule has 0 radical (unpaired) electrons. The molecule has 2 saturated heterocycles. The van der Waals surface area contributed by atoms with Gasteiger partial charge in [-0.15, -0.1) is 6.58 Å². The van der Waals surface area contributed by atoms with Crippen LogP contribution in [0.3, 0.4) is 0 Å². The van der Waals surface area contributed by atoms with Gasteiger partial charge in [-0.05, 0) is 23.9 Å². The summed E-state index contributed by atoms with van der Waals surface area (Å²) in [6, 6.07) is 11.1. The van der Waals surface area contributed by atoms with E-state index in [1.165, 1.54) is 17.0 Å². The zero-order valence-electron chi connectivity index (χ0n) is 32.4. The predicted molar refractivity (Wildman–Crippen MR) is 217 cm³/mol. The molecule has 0 saturated carbocycles. The van der Waals surface area contributed by atoms with Crippen molar-refractivity contribution in [1.82, 2.24) is 29.1 Å². The molecule has 62 heavy (non-hydrogen) atoms. The Morgan fingerprint density at radius 3 is 2.50 bits per heavy atom. The fraction of sp³-hybridized carbons (Fsp3) is 0.444. The van der Waals surface area contributed by atoms with Crippen molar-refractivity contribution in [3.63, 3.8) is 0 Å². The number of nitriles is 1. The van der Waals surface area contributed by atoms with Crippen molar-refractivity contribution >= 4 is 49.0 Å². The first-order valence-electron chi connectivity index (χ1n) is 18.7. The molecule has 0 spiro atoms. The first-order chi connectivity index (χ1) is 29.8. The van der Waals surface area contributed by atoms with Gasteiger partial charge in [0.05, 0.1) is 45.2 Å². The number of imidazole rings is 1. The number of aliphatic hydroxyl groups excluding tert-OH is 1. The number of carbonyl (C=O) groups excluding carboxylic acids is 1. The van der Waals surface area contributed by atoms with Crippen molar-refractivity contribution in [2.24, 2.45) is 0 Å². The van der Waals surface area contributed by atoms with E-state index in [2.05, 4.69) is 31.7 Å². The normalized spacial score (nSPS) is 25.4. The lowest BCUT2D eigenvalue weighted by Gasteiger charge is -2.30. The van der Waals surface area contributed by atoms with Crippen molar-refractivity contribution in [1.29, 1.82) is 5.26 Å². The monoisotopic (exact) mass is 921 g/mol. The van der Waals surface area contributed by atoms with Crippen molar-refractivity contribution < 1.29 is 55.3 Å². The number of ether oxygens (including phenoxy) is 2. The number of benzene rings is 1. The highest BCUT2D eigenvalue weighted by molar-refractivity contribution is 8.09. The largest absolute Gasteiger partial charge is 0.475 e. The van der Waals surface area contributed by atoms with Gasteiger partial charge in [0.15, 0.2) is 48.3 Å². The van der Waals surface area contributed by atoms with Gasteiger partial charge >= 0.3 is 13.5 Å². The topological polar surface area (TPSA) is 258 Å². The number of aromatic amines is 1. The van der Waals surface area contributed by atoms with Gasteiger partial charge in [-0.25, -0.2) is 39.7 Å². The van der Waals surface area contributed by atoms with E-state index in [0.717, 1.165) is 23.2 Å². The fourth-order valence-corrected chi connectivity index (χ4v) is 10.4. The summed E-state index contributed by atoms with van der Waals surface area (Å²) >= 11 is 5.84. The van der Waals surface area contributed by atoms with Crippen LogP contribution in [0, 0.1) is 17.9 Å². The molecule has 21 nitrogen and oxygen atoms in total. The number of alkyl halides is 2. The number of halogens is 2. The Morgan fingerprint density at radius 1 is 1.08 bits per heavy atom. The van der Waals surface area contributed by atoms with Crippen LogP contribution >= 0.6 is 14.3 Å². The molecule has 4 unspecified atom stereocenters. The van der Waals surface area contributed by atoms with E-state index in [-0.39, 0.29) is 49.1 Å². The molecule has 5 heterocycles. The van der Waals surface area contributed by atoms with Gasteiger partial charge in [0.25, 0.3) is 11.5 Å². The summed E-state index contributed by atoms with van der Waals surface area (Å²) in [6.07, 6.45) is -9.85. The maximum absolute atomic E-state index is 17.0. The van der Waals surface area contributed by atoms with E-state index in [0.29, 0.717) is 5.56 Å². The summed E-state index contributed by atoms with van der Waals surface area (Å²) in [5, 5.41) is 21.9. The molecule has 2 fully saturated rings. The third-order valence-electron chi connectivity index (χ3n) is 9.22. The second-order valence-electron chi connectivity index (χ2n) is 13.4. The van der Waals surface area contributed by atoms with Gasteiger partial charge in [-0.2, -0.15) is 5.26 Å². The number of H-pyrrole nitrogens is 1. The summed E-state index contributed by atoms with van der Waals surface area (Å²) in [7, 11) is -4.69. The Bertz CT molecular complexity index is 2520. The number of fused-ring (bicyclic) bond motifs is 1. The molecule has 1 aromatic carbocycles. The van der Waals surface area contributed by atoms with Crippen LogP contribution in [0.5, 0.6) is 0 Å². The number of rotatable bonds is 21. The highest BCUT2D eigenvalue weighted by atomic mass is 32.5. The van der Waals surface area contributed by atoms with Crippen LogP contribution < -0.4 is 16.6 Å². The summed E-state index contributed by atoms with van der Waals surface area (Å²) in [5.41, 5.74) is -1.36. The van der Waals surface area contributed by atoms with E-state index in [9.17, 15) is 24.1 Å². The smallest absolute Gasteiger partial charge is 0.394 e. The van der Waals surface area contributed by atoms with Gasteiger partial charge in [0.1, 0.15) is 30.7 Å². The maximum atomic E-state index is 17.0. The van der Waals surface area contributed by atoms with Crippen molar-refractivity contribution in [2.75, 3.05) is 44.5 Å². The predicted octanol–water partition coefficient (Wildman–Crippen LogP) is 3.74. The Balaban J connectivity index is 1.30. The Labute approximate surface area is 356 Å². The molecule has 0 bridgehead atoms. The average molecular weight is 922 g/mol. The number of phosphoric ester groups is 1. The van der Waals surface area contributed by atoms with E-state index in [4.69, 9.17) is 55.7 Å². The number of anilines is 1. The second kappa shape index (κ2) is 21.0. The minimum absolute atomic E-state index is 0.00158. The quantitative estimate of drug-likeness (QED) is 0.0465. The summed E-state index contributed by atoms with van der Waals surface area (Å²) in [6.45, 7) is 4.68. The summed E-state index contributed by atoms with van der Waals surface area (Å²) in [5.74, 6) is -0.521. The zero-order valence-corrected chi connectivity index (χ0v) is 35.0. The third-order valence-corrected chi connectivity index (χ3v) is 13.8. The van der Waals surface area contributed by atoms with Gasteiger partial charge in [-0.1, -0.05) is 24.3 Å².